The number of ketones is 1. The Bertz CT molecular complexity index is 1250. The molecule has 0 amide bonds. The fraction of sp³-hybridized carbons (Fsp3) is 0.182. The van der Waals surface area contributed by atoms with Crippen molar-refractivity contribution in [3.63, 3.8) is 0 Å². The summed E-state index contributed by atoms with van der Waals surface area (Å²) in [7, 11) is 3.65. The van der Waals surface area contributed by atoms with Gasteiger partial charge in [-0.05, 0) is 19.1 Å². The summed E-state index contributed by atoms with van der Waals surface area (Å²) in [4.78, 5) is 12.5. The Morgan fingerprint density at radius 1 is 1.00 bits per heavy atom. The SMILES string of the molecule is CC(=O)c1c(C(O)c2c(C#N)n(C)c3ccccc23)n(C)c2ccccc12. The fourth-order valence-corrected chi connectivity index (χ4v) is 4.07. The third kappa shape index (κ3) is 2.31. The number of aliphatic hydroxyl groups excluding tert-OH is 1. The van der Waals surface area contributed by atoms with E-state index in [1.54, 1.807) is 4.57 Å². The molecule has 1 N–H and O–H groups in total. The van der Waals surface area contributed by atoms with Crippen LogP contribution in [-0.4, -0.2) is 20.0 Å². The molecule has 2 aromatic heterocycles. The first-order valence-corrected chi connectivity index (χ1v) is 8.71. The Hall–Kier alpha value is -3.36. The Labute approximate surface area is 156 Å². The predicted molar refractivity (Wildman–Crippen MR) is 105 cm³/mol. The van der Waals surface area contributed by atoms with Crippen molar-refractivity contribution >= 4 is 27.6 Å². The zero-order chi connectivity index (χ0) is 19.3. The zero-order valence-corrected chi connectivity index (χ0v) is 15.4. The molecule has 5 heteroatoms. The van der Waals surface area contributed by atoms with Gasteiger partial charge in [-0.15, -0.1) is 0 Å². The van der Waals surface area contributed by atoms with E-state index in [0.717, 1.165) is 21.8 Å². The molecule has 2 aromatic carbocycles. The predicted octanol–water partition coefficient (Wildman–Crippen LogP) is 3.83. The maximum absolute atomic E-state index is 12.5. The van der Waals surface area contributed by atoms with Gasteiger partial charge >= 0.3 is 0 Å². The molecule has 0 spiro atoms. The van der Waals surface area contributed by atoms with Crippen LogP contribution in [0.4, 0.5) is 0 Å². The van der Waals surface area contributed by atoms with Gasteiger partial charge in [0.2, 0.25) is 0 Å². The van der Waals surface area contributed by atoms with Gasteiger partial charge in [0.05, 0.1) is 5.69 Å². The molecule has 0 aliphatic carbocycles. The Kier molecular flexibility index (Phi) is 3.87. The molecule has 0 bridgehead atoms. The van der Waals surface area contributed by atoms with E-state index >= 15 is 0 Å². The number of benzene rings is 2. The number of hydrogen-bond acceptors (Lipinski definition) is 3. The first-order chi connectivity index (χ1) is 13.0. The molecule has 27 heavy (non-hydrogen) atoms. The average molecular weight is 357 g/mol. The van der Waals surface area contributed by atoms with Gasteiger partial charge in [0.25, 0.3) is 0 Å². The van der Waals surface area contributed by atoms with E-state index in [2.05, 4.69) is 6.07 Å². The molecule has 0 radical (unpaired) electrons. The zero-order valence-electron chi connectivity index (χ0n) is 15.4. The van der Waals surface area contributed by atoms with Crippen molar-refractivity contribution in [2.75, 3.05) is 0 Å². The topological polar surface area (TPSA) is 70.9 Å². The summed E-state index contributed by atoms with van der Waals surface area (Å²) in [6, 6.07) is 17.4. The van der Waals surface area contributed by atoms with Gasteiger partial charge in [-0.1, -0.05) is 36.4 Å². The maximum atomic E-state index is 12.5. The van der Waals surface area contributed by atoms with E-state index in [0.29, 0.717) is 22.5 Å². The van der Waals surface area contributed by atoms with Crippen molar-refractivity contribution in [3.05, 3.63) is 71.0 Å². The van der Waals surface area contributed by atoms with Crippen molar-refractivity contribution in [2.24, 2.45) is 14.1 Å². The lowest BCUT2D eigenvalue weighted by atomic mass is 9.97. The van der Waals surface area contributed by atoms with E-state index in [-0.39, 0.29) is 5.78 Å². The lowest BCUT2D eigenvalue weighted by Gasteiger charge is -2.15. The second-order valence-electron chi connectivity index (χ2n) is 6.75. The lowest BCUT2D eigenvalue weighted by Crippen LogP contribution is -2.11. The second-order valence-corrected chi connectivity index (χ2v) is 6.75. The smallest absolute Gasteiger partial charge is 0.162 e. The number of nitriles is 1. The highest BCUT2D eigenvalue weighted by molar-refractivity contribution is 6.09. The highest BCUT2D eigenvalue weighted by atomic mass is 16.3. The van der Waals surface area contributed by atoms with Crippen LogP contribution in [0.2, 0.25) is 0 Å². The molecule has 0 saturated heterocycles. The first kappa shape index (κ1) is 17.1. The molecular formula is C22H19N3O2. The number of aliphatic hydroxyl groups is 1. The second kappa shape index (κ2) is 6.11. The van der Waals surface area contributed by atoms with Crippen LogP contribution in [0.5, 0.6) is 0 Å². The van der Waals surface area contributed by atoms with Crippen LogP contribution < -0.4 is 0 Å². The van der Waals surface area contributed by atoms with Gasteiger partial charge in [-0.3, -0.25) is 4.79 Å². The molecule has 0 fully saturated rings. The van der Waals surface area contributed by atoms with E-state index in [1.165, 1.54) is 6.92 Å². The molecule has 0 saturated carbocycles. The minimum absolute atomic E-state index is 0.111. The summed E-state index contributed by atoms with van der Waals surface area (Å²) < 4.78 is 3.63. The quantitative estimate of drug-likeness (QED) is 0.567. The van der Waals surface area contributed by atoms with E-state index in [4.69, 9.17) is 0 Å². The van der Waals surface area contributed by atoms with Crippen molar-refractivity contribution in [1.82, 2.24) is 9.13 Å². The van der Waals surface area contributed by atoms with E-state index < -0.39 is 6.10 Å². The van der Waals surface area contributed by atoms with E-state index in [9.17, 15) is 15.2 Å². The normalized spacial score (nSPS) is 12.4. The molecule has 1 unspecified atom stereocenters. The van der Waals surface area contributed by atoms with Gasteiger partial charge in [0.1, 0.15) is 17.9 Å². The van der Waals surface area contributed by atoms with Crippen molar-refractivity contribution in [3.8, 4) is 6.07 Å². The Morgan fingerprint density at radius 3 is 2.15 bits per heavy atom. The van der Waals surface area contributed by atoms with Gasteiger partial charge in [0.15, 0.2) is 5.78 Å². The Morgan fingerprint density at radius 2 is 1.56 bits per heavy atom. The molecule has 2 heterocycles. The number of para-hydroxylation sites is 2. The summed E-state index contributed by atoms with van der Waals surface area (Å²) in [5.41, 5.74) is 3.67. The number of aryl methyl sites for hydroxylation is 2. The third-order valence-electron chi connectivity index (χ3n) is 5.29. The van der Waals surface area contributed by atoms with E-state index in [1.807, 2.05) is 67.2 Å². The summed E-state index contributed by atoms with van der Waals surface area (Å²) >= 11 is 0. The number of Topliss-reactive ketones (excluding diaryl/α,β-unsaturated/α-hetero) is 1. The van der Waals surface area contributed by atoms with Gasteiger partial charge in [-0.25, -0.2) is 0 Å². The lowest BCUT2D eigenvalue weighted by molar-refractivity contribution is 0.101. The first-order valence-electron chi connectivity index (χ1n) is 8.71. The van der Waals surface area contributed by atoms with Crippen molar-refractivity contribution in [1.29, 1.82) is 5.26 Å². The molecule has 1 atom stereocenters. The van der Waals surface area contributed by atoms with Gasteiger partial charge in [-0.2, -0.15) is 5.26 Å². The molecular weight excluding hydrogens is 338 g/mol. The van der Waals surface area contributed by atoms with Crippen LogP contribution >= 0.6 is 0 Å². The van der Waals surface area contributed by atoms with Crippen LogP contribution in [0.3, 0.4) is 0 Å². The number of nitrogens with zero attached hydrogens (tertiary/aromatic N) is 3. The molecule has 5 nitrogen and oxygen atoms in total. The standard InChI is InChI=1S/C22H19N3O2/c1-13(26)19-14-8-4-7-11-17(14)25(3)21(19)22(27)20-15-9-5-6-10-16(15)24(2)18(20)12-23/h4-11,22,27H,1-3H3. The largest absolute Gasteiger partial charge is 0.382 e. The molecule has 134 valence electrons. The van der Waals surface area contributed by atoms with Gasteiger partial charge < -0.3 is 14.2 Å². The third-order valence-corrected chi connectivity index (χ3v) is 5.29. The number of aromatic nitrogens is 2. The highest BCUT2D eigenvalue weighted by Gasteiger charge is 2.29. The van der Waals surface area contributed by atoms with Gasteiger partial charge in [0, 0.05) is 47.0 Å². The number of carbonyl (C=O) groups excluding carboxylic acids is 1. The number of carbonyl (C=O) groups is 1. The van der Waals surface area contributed by atoms with Crippen molar-refractivity contribution < 1.29 is 9.90 Å². The summed E-state index contributed by atoms with van der Waals surface area (Å²) in [6.45, 7) is 1.51. The number of hydrogen-bond donors (Lipinski definition) is 1. The average Bonchev–Trinajstić information content (AvgIpc) is 3.13. The maximum Gasteiger partial charge on any atom is 0.162 e. The Balaban J connectivity index is 2.09. The molecule has 4 rings (SSSR count). The number of rotatable bonds is 3. The van der Waals surface area contributed by atoms with Crippen LogP contribution in [0.1, 0.15) is 40.3 Å². The molecule has 0 aliphatic rings. The highest BCUT2D eigenvalue weighted by Crippen LogP contribution is 2.38. The number of fused-ring (bicyclic) bond motifs is 2. The van der Waals surface area contributed by atoms with Crippen LogP contribution in [0.25, 0.3) is 21.8 Å². The minimum Gasteiger partial charge on any atom is -0.382 e. The fourth-order valence-electron chi connectivity index (χ4n) is 4.07. The monoisotopic (exact) mass is 357 g/mol. The van der Waals surface area contributed by atoms with Crippen molar-refractivity contribution in [2.45, 2.75) is 13.0 Å². The summed E-state index contributed by atoms with van der Waals surface area (Å²) in [5, 5.41) is 22.7. The van der Waals surface area contributed by atoms with Crippen LogP contribution in [-0.2, 0) is 14.1 Å². The molecule has 0 aliphatic heterocycles. The summed E-state index contributed by atoms with van der Waals surface area (Å²) in [6.07, 6.45) is -1.10. The minimum atomic E-state index is -1.10. The summed E-state index contributed by atoms with van der Waals surface area (Å²) in [5.74, 6) is -0.111. The van der Waals surface area contributed by atoms with Crippen LogP contribution in [0.15, 0.2) is 48.5 Å². The van der Waals surface area contributed by atoms with Crippen LogP contribution in [0, 0.1) is 11.3 Å². The molecule has 4 aromatic rings.